The highest BCUT2D eigenvalue weighted by atomic mass is 14.9. The normalized spacial score (nSPS) is 24.8. The Hall–Kier alpha value is -0.890. The van der Waals surface area contributed by atoms with Crippen LogP contribution in [0.25, 0.3) is 0 Å². The number of nitrogens with one attached hydrogen (secondary N) is 1. The highest BCUT2D eigenvalue weighted by Gasteiger charge is 2.23. The minimum absolute atomic E-state index is 0.715. The third kappa shape index (κ3) is 3.29. The second-order valence-corrected chi connectivity index (χ2v) is 5.25. The number of aryl methyl sites for hydroxylation is 1. The molecule has 0 bridgehead atoms. The fourth-order valence-electron chi connectivity index (χ4n) is 2.91. The predicted octanol–water partition coefficient (Wildman–Crippen LogP) is 3.42. The Bertz CT molecular complexity index is 349. The molecule has 1 aliphatic carbocycles. The van der Waals surface area contributed by atoms with Crippen molar-refractivity contribution in [2.75, 3.05) is 6.54 Å². The Kier molecular flexibility index (Phi) is 4.55. The molecule has 2 unspecified atom stereocenters. The van der Waals surface area contributed by atoms with Gasteiger partial charge in [0.1, 0.15) is 0 Å². The van der Waals surface area contributed by atoms with Crippen molar-refractivity contribution in [3.63, 3.8) is 0 Å². The van der Waals surface area contributed by atoms with Crippen LogP contribution in [0.5, 0.6) is 0 Å². The summed E-state index contributed by atoms with van der Waals surface area (Å²) in [6.07, 6.45) is 10.5. The number of rotatable bonds is 4. The first-order valence-corrected chi connectivity index (χ1v) is 6.95. The zero-order valence-electron chi connectivity index (χ0n) is 11.1. The maximum Gasteiger partial charge on any atom is 0.0305 e. The van der Waals surface area contributed by atoms with Crippen LogP contribution >= 0.6 is 0 Å². The van der Waals surface area contributed by atoms with Crippen LogP contribution in [0.3, 0.4) is 0 Å². The van der Waals surface area contributed by atoms with Gasteiger partial charge in [-0.2, -0.15) is 0 Å². The van der Waals surface area contributed by atoms with Gasteiger partial charge in [-0.25, -0.2) is 0 Å². The molecule has 1 heterocycles. The number of aromatic nitrogens is 1. The lowest BCUT2D eigenvalue weighted by Gasteiger charge is -2.30. The summed E-state index contributed by atoms with van der Waals surface area (Å²) in [5.74, 6) is 0.715. The maximum atomic E-state index is 4.29. The van der Waals surface area contributed by atoms with Crippen molar-refractivity contribution >= 4 is 0 Å². The molecule has 1 fully saturated rings. The summed E-state index contributed by atoms with van der Waals surface area (Å²) in [4.78, 5) is 4.29. The lowest BCUT2D eigenvalue weighted by atomic mass is 9.80. The average Bonchev–Trinajstić information content (AvgIpc) is 2.37. The van der Waals surface area contributed by atoms with Gasteiger partial charge in [0.05, 0.1) is 0 Å². The van der Waals surface area contributed by atoms with Gasteiger partial charge in [0.25, 0.3) is 0 Å². The van der Waals surface area contributed by atoms with E-state index in [0.29, 0.717) is 12.0 Å². The van der Waals surface area contributed by atoms with Crippen LogP contribution in [0.2, 0.25) is 0 Å². The predicted molar refractivity (Wildman–Crippen MR) is 72.3 cm³/mol. The van der Waals surface area contributed by atoms with Gasteiger partial charge in [-0.15, -0.1) is 0 Å². The van der Waals surface area contributed by atoms with E-state index in [1.165, 1.54) is 43.2 Å². The van der Waals surface area contributed by atoms with E-state index < -0.39 is 0 Å². The molecule has 0 aliphatic heterocycles. The fourth-order valence-corrected chi connectivity index (χ4v) is 2.91. The second kappa shape index (κ2) is 6.15. The average molecular weight is 232 g/mol. The number of hydrogen-bond donors (Lipinski definition) is 1. The van der Waals surface area contributed by atoms with Crippen molar-refractivity contribution in [2.45, 2.75) is 57.9 Å². The Morgan fingerprint density at radius 1 is 1.41 bits per heavy atom. The SMILES string of the molecule is CCCNC1CCCC(c2cnccc2C)C1. The summed E-state index contributed by atoms with van der Waals surface area (Å²) < 4.78 is 0. The number of nitrogens with zero attached hydrogens (tertiary/aromatic N) is 1. The molecule has 94 valence electrons. The van der Waals surface area contributed by atoms with E-state index in [9.17, 15) is 0 Å². The van der Waals surface area contributed by atoms with E-state index >= 15 is 0 Å². The number of pyridine rings is 1. The first-order valence-electron chi connectivity index (χ1n) is 6.95. The van der Waals surface area contributed by atoms with Gasteiger partial charge in [-0.3, -0.25) is 4.98 Å². The molecule has 0 aromatic carbocycles. The summed E-state index contributed by atoms with van der Waals surface area (Å²) in [5.41, 5.74) is 2.87. The Morgan fingerprint density at radius 3 is 3.06 bits per heavy atom. The van der Waals surface area contributed by atoms with Gasteiger partial charge in [0.2, 0.25) is 0 Å². The minimum atomic E-state index is 0.715. The molecule has 1 aromatic heterocycles. The summed E-state index contributed by atoms with van der Waals surface area (Å²) in [5, 5.41) is 3.67. The van der Waals surface area contributed by atoms with Crippen LogP contribution in [0.15, 0.2) is 18.5 Å². The zero-order valence-corrected chi connectivity index (χ0v) is 11.1. The summed E-state index contributed by atoms with van der Waals surface area (Å²) in [7, 11) is 0. The summed E-state index contributed by atoms with van der Waals surface area (Å²) in [6, 6.07) is 2.85. The third-order valence-electron chi connectivity index (χ3n) is 3.88. The molecule has 2 nitrogen and oxygen atoms in total. The first kappa shape index (κ1) is 12.6. The number of hydrogen-bond acceptors (Lipinski definition) is 2. The van der Waals surface area contributed by atoms with Gasteiger partial charge in [-0.05, 0) is 62.3 Å². The van der Waals surface area contributed by atoms with Crippen molar-refractivity contribution in [3.8, 4) is 0 Å². The smallest absolute Gasteiger partial charge is 0.0305 e. The highest BCUT2D eigenvalue weighted by molar-refractivity contribution is 5.26. The molecule has 0 amide bonds. The molecule has 1 aromatic rings. The van der Waals surface area contributed by atoms with Gasteiger partial charge in [-0.1, -0.05) is 13.3 Å². The molecule has 0 spiro atoms. The van der Waals surface area contributed by atoms with Crippen LogP contribution < -0.4 is 5.32 Å². The van der Waals surface area contributed by atoms with E-state index in [4.69, 9.17) is 0 Å². The van der Waals surface area contributed by atoms with Crippen molar-refractivity contribution < 1.29 is 0 Å². The largest absolute Gasteiger partial charge is 0.314 e. The molecular formula is C15H24N2. The molecule has 0 saturated heterocycles. The standard InChI is InChI=1S/C15H24N2/c1-3-8-17-14-6-4-5-13(10-14)15-11-16-9-7-12(15)2/h7,9,11,13-14,17H,3-6,8,10H2,1-2H3. The van der Waals surface area contributed by atoms with Crippen molar-refractivity contribution in [3.05, 3.63) is 29.6 Å². The molecule has 1 saturated carbocycles. The third-order valence-corrected chi connectivity index (χ3v) is 3.88. The van der Waals surface area contributed by atoms with E-state index in [-0.39, 0.29) is 0 Å². The molecule has 0 radical (unpaired) electrons. The Morgan fingerprint density at radius 2 is 2.29 bits per heavy atom. The maximum absolute atomic E-state index is 4.29. The van der Waals surface area contributed by atoms with Crippen LogP contribution in [-0.2, 0) is 0 Å². The van der Waals surface area contributed by atoms with Crippen molar-refractivity contribution in [1.82, 2.24) is 10.3 Å². The van der Waals surface area contributed by atoms with Crippen LogP contribution in [0.4, 0.5) is 0 Å². The van der Waals surface area contributed by atoms with Gasteiger partial charge >= 0.3 is 0 Å². The fraction of sp³-hybridized carbons (Fsp3) is 0.667. The lowest BCUT2D eigenvalue weighted by molar-refractivity contribution is 0.339. The molecule has 2 atom stereocenters. The summed E-state index contributed by atoms with van der Waals surface area (Å²) in [6.45, 7) is 5.60. The molecule has 1 aliphatic rings. The summed E-state index contributed by atoms with van der Waals surface area (Å²) >= 11 is 0. The van der Waals surface area contributed by atoms with E-state index in [1.807, 2.05) is 6.20 Å². The van der Waals surface area contributed by atoms with E-state index in [2.05, 4.69) is 36.4 Å². The van der Waals surface area contributed by atoms with Gasteiger partial charge in [0, 0.05) is 18.4 Å². The molecule has 17 heavy (non-hydrogen) atoms. The Labute approximate surface area is 105 Å². The minimum Gasteiger partial charge on any atom is -0.314 e. The molecule has 2 rings (SSSR count). The van der Waals surface area contributed by atoms with Crippen LogP contribution in [0, 0.1) is 6.92 Å². The topological polar surface area (TPSA) is 24.9 Å². The van der Waals surface area contributed by atoms with E-state index in [0.717, 1.165) is 6.54 Å². The van der Waals surface area contributed by atoms with E-state index in [1.54, 1.807) is 0 Å². The van der Waals surface area contributed by atoms with Gasteiger partial charge < -0.3 is 5.32 Å². The molecular weight excluding hydrogens is 208 g/mol. The van der Waals surface area contributed by atoms with Crippen LogP contribution in [0.1, 0.15) is 56.1 Å². The molecule has 2 heteroatoms. The zero-order chi connectivity index (χ0) is 12.1. The van der Waals surface area contributed by atoms with Crippen molar-refractivity contribution in [1.29, 1.82) is 0 Å². The quantitative estimate of drug-likeness (QED) is 0.860. The Balaban J connectivity index is 1.99. The highest BCUT2D eigenvalue weighted by Crippen LogP contribution is 2.33. The molecule has 1 N–H and O–H groups in total. The lowest BCUT2D eigenvalue weighted by Crippen LogP contribution is -2.34. The van der Waals surface area contributed by atoms with Crippen LogP contribution in [-0.4, -0.2) is 17.6 Å². The van der Waals surface area contributed by atoms with Crippen molar-refractivity contribution in [2.24, 2.45) is 0 Å². The first-order chi connectivity index (χ1) is 8.31. The monoisotopic (exact) mass is 232 g/mol. The van der Waals surface area contributed by atoms with Gasteiger partial charge in [0.15, 0.2) is 0 Å². The second-order valence-electron chi connectivity index (χ2n) is 5.25.